The van der Waals surface area contributed by atoms with E-state index in [9.17, 15) is 18.0 Å². The minimum absolute atomic E-state index is 0.0846. The largest absolute Gasteiger partial charge is 0.458 e. The molecule has 182 valence electrons. The molecule has 6 rings (SSSR count). The number of pyridine rings is 1. The molecule has 4 aromatic heterocycles. The van der Waals surface area contributed by atoms with Gasteiger partial charge in [-0.05, 0) is 37.1 Å². The van der Waals surface area contributed by atoms with Gasteiger partial charge in [0, 0.05) is 23.8 Å². The number of nitrogens with one attached hydrogen (secondary N) is 1. The van der Waals surface area contributed by atoms with E-state index >= 15 is 0 Å². The van der Waals surface area contributed by atoms with Gasteiger partial charge in [-0.25, -0.2) is 9.97 Å². The summed E-state index contributed by atoms with van der Waals surface area (Å²) in [7, 11) is 0. The van der Waals surface area contributed by atoms with Crippen LogP contribution in [-0.2, 0) is 12.6 Å². The van der Waals surface area contributed by atoms with Gasteiger partial charge in [0.25, 0.3) is 5.91 Å². The van der Waals surface area contributed by atoms with Crippen LogP contribution in [0.2, 0.25) is 0 Å². The molecule has 1 atom stereocenters. The van der Waals surface area contributed by atoms with Crippen LogP contribution in [-0.4, -0.2) is 37.3 Å². The van der Waals surface area contributed by atoms with E-state index in [1.807, 2.05) is 18.2 Å². The van der Waals surface area contributed by atoms with Crippen molar-refractivity contribution in [1.29, 1.82) is 0 Å². The van der Waals surface area contributed by atoms with Gasteiger partial charge in [-0.15, -0.1) is 0 Å². The standard InChI is InChI=1S/C25H18F3N5O3/c26-25(27,28)22-21(36-23(32-22)16-7-3-4-10-29-16)24(34)33-11-5-8-15-19(31-13-30-15)20(33)18-12-14-6-1-2-9-17(14)35-18/h1-4,6-7,9-10,12-13,20H,5,8,11H2,(H,30,31)/t20-/m0/s1. The molecule has 1 aliphatic rings. The third-order valence-electron chi connectivity index (χ3n) is 6.10. The molecule has 0 unspecified atom stereocenters. The van der Waals surface area contributed by atoms with E-state index in [1.54, 1.807) is 24.3 Å². The minimum atomic E-state index is -4.92. The van der Waals surface area contributed by atoms with Crippen LogP contribution in [0.25, 0.3) is 22.6 Å². The summed E-state index contributed by atoms with van der Waals surface area (Å²) < 4.78 is 53.5. The van der Waals surface area contributed by atoms with Crippen LogP contribution < -0.4 is 0 Å². The number of H-pyrrole nitrogens is 1. The quantitative estimate of drug-likeness (QED) is 0.361. The Morgan fingerprint density at radius 2 is 1.92 bits per heavy atom. The molecule has 0 saturated heterocycles. The van der Waals surface area contributed by atoms with Crippen molar-refractivity contribution in [3.63, 3.8) is 0 Å². The zero-order valence-electron chi connectivity index (χ0n) is 18.6. The topological polar surface area (TPSA) is 101 Å². The number of carbonyl (C=O) groups is 1. The summed E-state index contributed by atoms with van der Waals surface area (Å²) in [6.45, 7) is 0.154. The fourth-order valence-electron chi connectivity index (χ4n) is 4.50. The second kappa shape index (κ2) is 8.36. The fraction of sp³-hybridized carbons (Fsp3) is 0.200. The van der Waals surface area contributed by atoms with Crippen molar-refractivity contribution in [2.24, 2.45) is 0 Å². The summed E-state index contributed by atoms with van der Waals surface area (Å²) in [5.74, 6) is -1.86. The molecule has 0 spiro atoms. The number of hydrogen-bond donors (Lipinski definition) is 1. The van der Waals surface area contributed by atoms with Gasteiger partial charge in [0.05, 0.1) is 12.0 Å². The molecule has 1 N–H and O–H groups in total. The number of benzene rings is 1. The van der Waals surface area contributed by atoms with Gasteiger partial charge < -0.3 is 18.7 Å². The van der Waals surface area contributed by atoms with Crippen LogP contribution in [0.1, 0.15) is 45.9 Å². The maximum atomic E-state index is 14.0. The Balaban J connectivity index is 1.49. The molecule has 0 aliphatic carbocycles. The molecule has 5 heterocycles. The first-order chi connectivity index (χ1) is 17.4. The number of para-hydroxylation sites is 1. The van der Waals surface area contributed by atoms with Crippen LogP contribution in [0.3, 0.4) is 0 Å². The number of carbonyl (C=O) groups excluding carboxylic acids is 1. The summed E-state index contributed by atoms with van der Waals surface area (Å²) in [6, 6.07) is 12.9. The molecule has 0 saturated carbocycles. The predicted octanol–water partition coefficient (Wildman–Crippen LogP) is 5.40. The number of imidazole rings is 1. The normalized spacial score (nSPS) is 16.2. The molecule has 1 aromatic carbocycles. The van der Waals surface area contributed by atoms with Crippen molar-refractivity contribution in [3.8, 4) is 11.6 Å². The van der Waals surface area contributed by atoms with Gasteiger partial charge in [0.2, 0.25) is 11.7 Å². The number of amides is 1. The Kier molecular flexibility index (Phi) is 5.13. The van der Waals surface area contributed by atoms with Gasteiger partial charge >= 0.3 is 6.18 Å². The lowest BCUT2D eigenvalue weighted by Crippen LogP contribution is -2.36. The molecule has 0 bridgehead atoms. The number of aromatic nitrogens is 4. The maximum absolute atomic E-state index is 14.0. The second-order valence-corrected chi connectivity index (χ2v) is 8.37. The average Bonchev–Trinajstić information content (AvgIpc) is 3.60. The van der Waals surface area contributed by atoms with Crippen molar-refractivity contribution >= 4 is 16.9 Å². The number of aromatic amines is 1. The number of hydrogen-bond acceptors (Lipinski definition) is 6. The highest BCUT2D eigenvalue weighted by Crippen LogP contribution is 2.39. The van der Waals surface area contributed by atoms with Crippen LogP contribution in [0, 0.1) is 0 Å². The zero-order valence-corrected chi connectivity index (χ0v) is 18.6. The van der Waals surface area contributed by atoms with E-state index in [-0.39, 0.29) is 18.1 Å². The lowest BCUT2D eigenvalue weighted by atomic mass is 10.1. The highest BCUT2D eigenvalue weighted by atomic mass is 19.4. The van der Waals surface area contributed by atoms with E-state index in [2.05, 4.69) is 19.9 Å². The van der Waals surface area contributed by atoms with Crippen LogP contribution in [0.5, 0.6) is 0 Å². The molecule has 0 radical (unpaired) electrons. The van der Waals surface area contributed by atoms with Crippen LogP contribution in [0.4, 0.5) is 13.2 Å². The maximum Gasteiger partial charge on any atom is 0.437 e. The number of rotatable bonds is 3. The lowest BCUT2D eigenvalue weighted by Gasteiger charge is -2.27. The van der Waals surface area contributed by atoms with Gasteiger partial charge in [-0.2, -0.15) is 13.2 Å². The molecule has 8 nitrogen and oxygen atoms in total. The first-order valence-electron chi connectivity index (χ1n) is 11.2. The number of alkyl halides is 3. The smallest absolute Gasteiger partial charge is 0.437 e. The summed E-state index contributed by atoms with van der Waals surface area (Å²) >= 11 is 0. The predicted molar refractivity (Wildman–Crippen MR) is 121 cm³/mol. The molecule has 36 heavy (non-hydrogen) atoms. The van der Waals surface area contributed by atoms with E-state index in [1.165, 1.54) is 23.5 Å². The lowest BCUT2D eigenvalue weighted by molar-refractivity contribution is -0.141. The highest BCUT2D eigenvalue weighted by Gasteiger charge is 2.45. The van der Waals surface area contributed by atoms with Crippen molar-refractivity contribution in [2.75, 3.05) is 6.54 Å². The first-order valence-corrected chi connectivity index (χ1v) is 11.2. The van der Waals surface area contributed by atoms with Crippen LogP contribution >= 0.6 is 0 Å². The molecule has 11 heteroatoms. The second-order valence-electron chi connectivity index (χ2n) is 8.37. The molecule has 0 fully saturated rings. The molecule has 5 aromatic rings. The number of fused-ring (bicyclic) bond motifs is 2. The van der Waals surface area contributed by atoms with Gasteiger partial charge in [-0.3, -0.25) is 9.78 Å². The minimum Gasteiger partial charge on any atom is -0.458 e. The average molecular weight is 493 g/mol. The summed E-state index contributed by atoms with van der Waals surface area (Å²) in [4.78, 5) is 30.2. The Bertz CT molecular complexity index is 1520. The molecular weight excluding hydrogens is 475 g/mol. The Labute approximate surface area is 201 Å². The van der Waals surface area contributed by atoms with Gasteiger partial charge in [0.1, 0.15) is 23.1 Å². The van der Waals surface area contributed by atoms with E-state index in [4.69, 9.17) is 8.83 Å². The summed E-state index contributed by atoms with van der Waals surface area (Å²) in [5.41, 5.74) is 0.579. The molecular formula is C25H18F3N5O3. The number of nitrogens with zero attached hydrogens (tertiary/aromatic N) is 4. The summed E-state index contributed by atoms with van der Waals surface area (Å²) in [6.07, 6.45) is -0.944. The SMILES string of the molecule is O=C(c1oc(-c2ccccn2)nc1C(F)(F)F)N1CCCc2[nH]cnc2[C@@H]1c1cc2ccccc2o1. The number of aryl methyl sites for hydroxylation is 1. The monoisotopic (exact) mass is 493 g/mol. The van der Waals surface area contributed by atoms with E-state index < -0.39 is 29.6 Å². The Morgan fingerprint density at radius 1 is 1.08 bits per heavy atom. The Hall–Kier alpha value is -4.41. The first kappa shape index (κ1) is 22.1. The number of furan rings is 1. The number of halogens is 3. The van der Waals surface area contributed by atoms with Gasteiger partial charge in [0.15, 0.2) is 5.69 Å². The van der Waals surface area contributed by atoms with E-state index in [0.717, 1.165) is 11.1 Å². The molecule has 1 aliphatic heterocycles. The summed E-state index contributed by atoms with van der Waals surface area (Å²) in [5, 5.41) is 0.800. The number of oxazole rings is 1. The fourth-order valence-corrected chi connectivity index (χ4v) is 4.50. The molecule has 1 amide bonds. The van der Waals surface area contributed by atoms with E-state index in [0.29, 0.717) is 29.9 Å². The Morgan fingerprint density at radius 3 is 2.69 bits per heavy atom. The van der Waals surface area contributed by atoms with Crippen molar-refractivity contribution < 1.29 is 26.8 Å². The van der Waals surface area contributed by atoms with Crippen molar-refractivity contribution in [2.45, 2.75) is 25.1 Å². The highest BCUT2D eigenvalue weighted by molar-refractivity contribution is 5.94. The zero-order chi connectivity index (χ0) is 24.9. The van der Waals surface area contributed by atoms with Crippen LogP contribution in [0.15, 0.2) is 69.9 Å². The van der Waals surface area contributed by atoms with Crippen molar-refractivity contribution in [3.05, 3.63) is 89.7 Å². The van der Waals surface area contributed by atoms with Crippen molar-refractivity contribution in [1.82, 2.24) is 24.8 Å². The van der Waals surface area contributed by atoms with Gasteiger partial charge in [-0.1, -0.05) is 24.3 Å². The third-order valence-corrected chi connectivity index (χ3v) is 6.10. The third kappa shape index (κ3) is 3.72.